The van der Waals surface area contributed by atoms with Crippen molar-refractivity contribution in [1.82, 2.24) is 14.3 Å². The molecule has 3 heterocycles. The van der Waals surface area contributed by atoms with Gasteiger partial charge in [-0.15, -0.1) is 0 Å². The van der Waals surface area contributed by atoms with E-state index in [9.17, 15) is 14.9 Å². The van der Waals surface area contributed by atoms with Crippen LogP contribution in [0.4, 0.5) is 0 Å². The molecule has 0 unspecified atom stereocenters. The number of fused-ring (bicyclic) bond motifs is 1. The summed E-state index contributed by atoms with van der Waals surface area (Å²) in [6.45, 7) is 3.28. The second kappa shape index (κ2) is 9.48. The minimum absolute atomic E-state index is 0.0599. The first-order valence-electron chi connectivity index (χ1n) is 10.8. The van der Waals surface area contributed by atoms with Gasteiger partial charge in [0.1, 0.15) is 28.6 Å². The molecule has 0 atom stereocenters. The lowest BCUT2D eigenvalue weighted by molar-refractivity contribution is -0.127. The van der Waals surface area contributed by atoms with E-state index >= 15 is 0 Å². The number of nitrogens with zero attached hydrogens (tertiary/aromatic N) is 4. The number of benzene rings is 1. The Morgan fingerprint density at radius 1 is 1.16 bits per heavy atom. The standard InChI is InChI=1S/C25H24N4O3/c1-2-18-9-11-20(12-10-18)32-23-21(25(31)29-15-7-4-8-22(29)27-23)16-19(17-26)24(30)28-13-5-3-6-14-28/h4,7-12,15-16H,2-3,5-6,13-14H2,1H3. The molecule has 1 amide bonds. The van der Waals surface area contributed by atoms with Crippen LogP contribution in [0.15, 0.2) is 59.0 Å². The molecule has 32 heavy (non-hydrogen) atoms. The van der Waals surface area contributed by atoms with Crippen LogP contribution in [0.1, 0.15) is 37.3 Å². The molecule has 1 saturated heterocycles. The maximum absolute atomic E-state index is 13.3. The van der Waals surface area contributed by atoms with Crippen LogP contribution < -0.4 is 10.3 Å². The summed E-state index contributed by atoms with van der Waals surface area (Å²) in [7, 11) is 0. The Bertz CT molecular complexity index is 1260. The van der Waals surface area contributed by atoms with Crippen molar-refractivity contribution in [3.63, 3.8) is 0 Å². The zero-order valence-corrected chi connectivity index (χ0v) is 18.0. The van der Waals surface area contributed by atoms with Crippen molar-refractivity contribution in [2.24, 2.45) is 0 Å². The van der Waals surface area contributed by atoms with Gasteiger partial charge in [0.25, 0.3) is 11.5 Å². The zero-order valence-electron chi connectivity index (χ0n) is 18.0. The first-order valence-corrected chi connectivity index (χ1v) is 10.8. The number of pyridine rings is 1. The third-order valence-corrected chi connectivity index (χ3v) is 5.56. The molecule has 0 saturated carbocycles. The van der Waals surface area contributed by atoms with Gasteiger partial charge in [0, 0.05) is 19.3 Å². The van der Waals surface area contributed by atoms with E-state index in [0.717, 1.165) is 31.2 Å². The van der Waals surface area contributed by atoms with Crippen LogP contribution in [-0.4, -0.2) is 33.3 Å². The number of aryl methyl sites for hydroxylation is 1. The zero-order chi connectivity index (χ0) is 22.5. The van der Waals surface area contributed by atoms with Gasteiger partial charge in [-0.3, -0.25) is 14.0 Å². The van der Waals surface area contributed by atoms with Crippen LogP contribution in [0.3, 0.4) is 0 Å². The molecule has 2 aromatic heterocycles. The smallest absolute Gasteiger partial charge is 0.269 e. The summed E-state index contributed by atoms with van der Waals surface area (Å²) in [6, 6.07) is 14.7. The number of likely N-dealkylation sites (tertiary alicyclic amines) is 1. The van der Waals surface area contributed by atoms with E-state index in [1.165, 1.54) is 10.5 Å². The fourth-order valence-electron chi connectivity index (χ4n) is 3.74. The Hall–Kier alpha value is -3.92. The predicted molar refractivity (Wildman–Crippen MR) is 121 cm³/mol. The lowest BCUT2D eigenvalue weighted by Crippen LogP contribution is -2.36. The van der Waals surface area contributed by atoms with E-state index in [2.05, 4.69) is 11.9 Å². The molecule has 1 aliphatic heterocycles. The molecule has 0 radical (unpaired) electrons. The third kappa shape index (κ3) is 4.40. The number of piperidine rings is 1. The molecule has 162 valence electrons. The summed E-state index contributed by atoms with van der Waals surface area (Å²) in [4.78, 5) is 32.3. The highest BCUT2D eigenvalue weighted by Crippen LogP contribution is 2.25. The Morgan fingerprint density at radius 2 is 1.91 bits per heavy atom. The van der Waals surface area contributed by atoms with E-state index < -0.39 is 5.56 Å². The molecule has 0 spiro atoms. The number of hydrogen-bond acceptors (Lipinski definition) is 5. The lowest BCUT2D eigenvalue weighted by atomic mass is 10.1. The number of hydrogen-bond donors (Lipinski definition) is 0. The van der Waals surface area contributed by atoms with Gasteiger partial charge in [-0.05, 0) is 61.6 Å². The second-order valence-corrected chi connectivity index (χ2v) is 7.69. The van der Waals surface area contributed by atoms with Gasteiger partial charge in [0.15, 0.2) is 0 Å². The topological polar surface area (TPSA) is 87.7 Å². The number of aromatic nitrogens is 2. The van der Waals surface area contributed by atoms with Crippen molar-refractivity contribution < 1.29 is 9.53 Å². The number of nitriles is 1. The van der Waals surface area contributed by atoms with Gasteiger partial charge in [-0.25, -0.2) is 0 Å². The average Bonchev–Trinajstić information content (AvgIpc) is 2.84. The maximum atomic E-state index is 13.3. The normalized spacial score (nSPS) is 14.2. The summed E-state index contributed by atoms with van der Waals surface area (Å²) < 4.78 is 7.34. The fourth-order valence-corrected chi connectivity index (χ4v) is 3.74. The molecule has 1 fully saturated rings. The summed E-state index contributed by atoms with van der Waals surface area (Å²) in [5.74, 6) is 0.206. The molecule has 1 aromatic carbocycles. The molecule has 3 aromatic rings. The van der Waals surface area contributed by atoms with Crippen molar-refractivity contribution >= 4 is 17.6 Å². The molecule has 0 N–H and O–H groups in total. The highest BCUT2D eigenvalue weighted by atomic mass is 16.5. The maximum Gasteiger partial charge on any atom is 0.269 e. The van der Waals surface area contributed by atoms with Crippen LogP contribution in [-0.2, 0) is 11.2 Å². The summed E-state index contributed by atoms with van der Waals surface area (Å²) in [6.07, 6.45) is 6.69. The number of amides is 1. The lowest BCUT2D eigenvalue weighted by Gasteiger charge is -2.26. The molecule has 7 nitrogen and oxygen atoms in total. The van der Waals surface area contributed by atoms with Crippen molar-refractivity contribution in [2.75, 3.05) is 13.1 Å². The summed E-state index contributed by atoms with van der Waals surface area (Å²) in [5.41, 5.74) is 1.12. The Balaban J connectivity index is 1.80. The van der Waals surface area contributed by atoms with Crippen molar-refractivity contribution in [3.8, 4) is 17.7 Å². The quantitative estimate of drug-likeness (QED) is 0.453. The highest BCUT2D eigenvalue weighted by molar-refractivity contribution is 6.02. The van der Waals surface area contributed by atoms with Crippen LogP contribution in [0, 0.1) is 11.3 Å². The molecule has 4 rings (SSSR count). The van der Waals surface area contributed by atoms with E-state index in [1.54, 1.807) is 29.3 Å². The largest absolute Gasteiger partial charge is 0.438 e. The predicted octanol–water partition coefficient (Wildman–Crippen LogP) is 3.97. The van der Waals surface area contributed by atoms with Crippen LogP contribution in [0.5, 0.6) is 11.6 Å². The average molecular weight is 428 g/mol. The highest BCUT2D eigenvalue weighted by Gasteiger charge is 2.22. The molecule has 0 bridgehead atoms. The summed E-state index contributed by atoms with van der Waals surface area (Å²) >= 11 is 0. The molecule has 0 aliphatic carbocycles. The number of rotatable bonds is 5. The molecular formula is C25H24N4O3. The van der Waals surface area contributed by atoms with Crippen molar-refractivity contribution in [2.45, 2.75) is 32.6 Å². The second-order valence-electron chi connectivity index (χ2n) is 7.69. The number of carbonyl (C=O) groups is 1. The summed E-state index contributed by atoms with van der Waals surface area (Å²) in [5, 5.41) is 9.70. The van der Waals surface area contributed by atoms with Gasteiger partial charge in [0.05, 0.1) is 0 Å². The third-order valence-electron chi connectivity index (χ3n) is 5.56. The van der Waals surface area contributed by atoms with Crippen molar-refractivity contribution in [3.05, 3.63) is 75.7 Å². The van der Waals surface area contributed by atoms with Gasteiger partial charge in [-0.1, -0.05) is 25.1 Å². The Morgan fingerprint density at radius 3 is 2.59 bits per heavy atom. The van der Waals surface area contributed by atoms with E-state index in [-0.39, 0.29) is 22.9 Å². The van der Waals surface area contributed by atoms with Gasteiger partial charge in [0.2, 0.25) is 5.88 Å². The fraction of sp³-hybridized carbons (Fsp3) is 0.280. The number of carbonyl (C=O) groups excluding carboxylic acids is 1. The minimum Gasteiger partial charge on any atom is -0.438 e. The minimum atomic E-state index is -0.407. The molecule has 7 heteroatoms. The van der Waals surface area contributed by atoms with Crippen LogP contribution >= 0.6 is 0 Å². The Labute approximate surface area is 186 Å². The van der Waals surface area contributed by atoms with Crippen LogP contribution in [0.25, 0.3) is 11.7 Å². The van der Waals surface area contributed by atoms with Crippen molar-refractivity contribution in [1.29, 1.82) is 5.26 Å². The first kappa shape index (κ1) is 21.3. The van der Waals surface area contributed by atoms with E-state index in [1.807, 2.05) is 30.3 Å². The number of ether oxygens (including phenoxy) is 1. The molecular weight excluding hydrogens is 404 g/mol. The Kier molecular flexibility index (Phi) is 6.31. The first-order chi connectivity index (χ1) is 15.6. The monoisotopic (exact) mass is 428 g/mol. The molecule has 1 aliphatic rings. The van der Waals surface area contributed by atoms with Gasteiger partial charge < -0.3 is 9.64 Å². The van der Waals surface area contributed by atoms with E-state index in [4.69, 9.17) is 4.74 Å². The van der Waals surface area contributed by atoms with E-state index in [0.29, 0.717) is 24.5 Å². The van der Waals surface area contributed by atoms with Gasteiger partial charge in [-0.2, -0.15) is 10.2 Å². The van der Waals surface area contributed by atoms with Crippen LogP contribution in [0.2, 0.25) is 0 Å². The SMILES string of the molecule is CCc1ccc(Oc2nc3ccccn3c(=O)c2C=C(C#N)C(=O)N2CCCCC2)cc1. The van der Waals surface area contributed by atoms with Gasteiger partial charge >= 0.3 is 0 Å².